The van der Waals surface area contributed by atoms with Gasteiger partial charge in [0.25, 0.3) is 0 Å². The molecule has 1 aliphatic rings. The Morgan fingerprint density at radius 1 is 1.33 bits per heavy atom. The van der Waals surface area contributed by atoms with Crippen LogP contribution in [0, 0.1) is 11.8 Å². The summed E-state index contributed by atoms with van der Waals surface area (Å²) >= 11 is 3.27. The number of aliphatic hydroxyl groups is 1. The van der Waals surface area contributed by atoms with Crippen LogP contribution in [-0.2, 0) is 16.6 Å². The smallest absolute Gasteiger partial charge is 0.241 e. The molecule has 4 nitrogen and oxygen atoms in total. The van der Waals surface area contributed by atoms with E-state index in [0.29, 0.717) is 28.4 Å². The monoisotopic (exact) mass is 375 g/mol. The highest BCUT2D eigenvalue weighted by Gasteiger charge is 2.24. The molecule has 0 bridgehead atoms. The molecule has 1 aromatic rings. The van der Waals surface area contributed by atoms with Crippen molar-refractivity contribution in [3.05, 3.63) is 28.2 Å². The highest BCUT2D eigenvalue weighted by atomic mass is 79.9. The summed E-state index contributed by atoms with van der Waals surface area (Å²) in [5.74, 6) is 0.991. The molecular formula is C15H22BrNO3S. The Kier molecular flexibility index (Phi) is 5.82. The van der Waals surface area contributed by atoms with Crippen molar-refractivity contribution in [2.24, 2.45) is 11.8 Å². The van der Waals surface area contributed by atoms with E-state index in [9.17, 15) is 8.42 Å². The zero-order valence-electron chi connectivity index (χ0n) is 12.2. The Hall–Kier alpha value is -0.430. The number of hydrogen-bond donors (Lipinski definition) is 2. The van der Waals surface area contributed by atoms with E-state index in [4.69, 9.17) is 5.11 Å². The lowest BCUT2D eigenvalue weighted by molar-refractivity contribution is 0.257. The number of aliphatic hydroxyl groups excluding tert-OH is 1. The van der Waals surface area contributed by atoms with Gasteiger partial charge in [0.15, 0.2) is 0 Å². The van der Waals surface area contributed by atoms with Crippen molar-refractivity contribution in [3.8, 4) is 0 Å². The van der Waals surface area contributed by atoms with Crippen LogP contribution in [0.4, 0.5) is 0 Å². The molecule has 0 amide bonds. The zero-order valence-corrected chi connectivity index (χ0v) is 14.6. The van der Waals surface area contributed by atoms with Gasteiger partial charge in [0.1, 0.15) is 0 Å². The van der Waals surface area contributed by atoms with Crippen molar-refractivity contribution in [2.75, 3.05) is 6.54 Å². The number of nitrogens with one attached hydrogen (secondary N) is 1. The third-order valence-corrected chi connectivity index (χ3v) is 6.69. The van der Waals surface area contributed by atoms with Gasteiger partial charge >= 0.3 is 0 Å². The summed E-state index contributed by atoms with van der Waals surface area (Å²) in [7, 11) is -3.52. The molecule has 1 fully saturated rings. The first-order valence-corrected chi connectivity index (χ1v) is 9.60. The van der Waals surface area contributed by atoms with E-state index in [2.05, 4.69) is 27.6 Å². The fraction of sp³-hybridized carbons (Fsp3) is 0.600. The van der Waals surface area contributed by atoms with E-state index in [1.807, 2.05) is 0 Å². The van der Waals surface area contributed by atoms with Crippen molar-refractivity contribution in [1.82, 2.24) is 4.72 Å². The molecule has 1 saturated carbocycles. The molecular weight excluding hydrogens is 354 g/mol. The minimum Gasteiger partial charge on any atom is -0.392 e. The number of halogens is 1. The fourth-order valence-electron chi connectivity index (χ4n) is 2.85. The van der Waals surface area contributed by atoms with Crippen LogP contribution in [0.25, 0.3) is 0 Å². The molecule has 118 valence electrons. The van der Waals surface area contributed by atoms with Crippen LogP contribution in [0.1, 0.15) is 38.2 Å². The first-order valence-electron chi connectivity index (χ1n) is 7.33. The maximum Gasteiger partial charge on any atom is 0.241 e. The summed E-state index contributed by atoms with van der Waals surface area (Å²) in [5.41, 5.74) is 0.682. The van der Waals surface area contributed by atoms with Gasteiger partial charge in [-0.1, -0.05) is 32.3 Å². The topological polar surface area (TPSA) is 66.4 Å². The zero-order chi connectivity index (χ0) is 15.5. The van der Waals surface area contributed by atoms with E-state index in [-0.39, 0.29) is 11.5 Å². The average molecular weight is 376 g/mol. The third kappa shape index (κ3) is 4.28. The first kappa shape index (κ1) is 16.9. The van der Waals surface area contributed by atoms with Crippen LogP contribution in [0.3, 0.4) is 0 Å². The average Bonchev–Trinajstić information content (AvgIpc) is 2.46. The van der Waals surface area contributed by atoms with Gasteiger partial charge in [0, 0.05) is 11.0 Å². The minimum atomic E-state index is -3.52. The summed E-state index contributed by atoms with van der Waals surface area (Å²) < 4.78 is 28.0. The molecule has 21 heavy (non-hydrogen) atoms. The van der Waals surface area contributed by atoms with E-state index < -0.39 is 10.0 Å². The van der Waals surface area contributed by atoms with E-state index in [0.717, 1.165) is 6.42 Å². The molecule has 2 atom stereocenters. The predicted molar refractivity (Wildman–Crippen MR) is 86.4 cm³/mol. The van der Waals surface area contributed by atoms with Crippen molar-refractivity contribution < 1.29 is 13.5 Å². The normalized spacial score (nSPS) is 23.2. The molecule has 2 rings (SSSR count). The van der Waals surface area contributed by atoms with E-state index in [1.165, 1.54) is 25.3 Å². The first-order chi connectivity index (χ1) is 9.94. The molecule has 0 saturated heterocycles. The molecule has 1 aliphatic carbocycles. The van der Waals surface area contributed by atoms with Crippen LogP contribution < -0.4 is 4.72 Å². The third-order valence-electron chi connectivity index (χ3n) is 4.29. The molecule has 0 radical (unpaired) electrons. The minimum absolute atomic E-state index is 0.105. The summed E-state index contributed by atoms with van der Waals surface area (Å²) in [6.07, 6.45) is 4.71. The molecule has 6 heteroatoms. The highest BCUT2D eigenvalue weighted by Crippen LogP contribution is 2.30. The number of sulfonamides is 1. The molecule has 0 aromatic heterocycles. The van der Waals surface area contributed by atoms with Gasteiger partial charge in [0.2, 0.25) is 10.0 Å². The number of rotatable bonds is 5. The van der Waals surface area contributed by atoms with Crippen molar-refractivity contribution in [3.63, 3.8) is 0 Å². The van der Waals surface area contributed by atoms with Crippen LogP contribution in [0.5, 0.6) is 0 Å². The lowest BCUT2D eigenvalue weighted by Crippen LogP contribution is -2.33. The summed E-state index contributed by atoms with van der Waals surface area (Å²) in [4.78, 5) is 0.225. The van der Waals surface area contributed by atoms with Gasteiger partial charge < -0.3 is 5.11 Å². The lowest BCUT2D eigenvalue weighted by atomic mass is 9.81. The Morgan fingerprint density at radius 2 is 2.05 bits per heavy atom. The number of hydrogen-bond acceptors (Lipinski definition) is 3. The van der Waals surface area contributed by atoms with Crippen molar-refractivity contribution in [1.29, 1.82) is 0 Å². The van der Waals surface area contributed by atoms with E-state index in [1.54, 1.807) is 12.1 Å². The van der Waals surface area contributed by atoms with Crippen LogP contribution in [0.15, 0.2) is 27.6 Å². The predicted octanol–water partition coefficient (Wildman–Crippen LogP) is 3.05. The van der Waals surface area contributed by atoms with Crippen molar-refractivity contribution in [2.45, 2.75) is 44.1 Å². The summed E-state index contributed by atoms with van der Waals surface area (Å²) in [5, 5.41) is 9.07. The maximum absolute atomic E-state index is 12.4. The standard InChI is InChI=1S/C15H22BrNO3S/c1-11-4-2-3-5-13(11)9-17-21(19,20)15-7-6-12(10-18)8-14(15)16/h6-8,11,13,17-18H,2-5,9-10H2,1H3. The Morgan fingerprint density at radius 3 is 2.67 bits per heavy atom. The Bertz CT molecular complexity index is 589. The molecule has 0 spiro atoms. The quantitative estimate of drug-likeness (QED) is 0.830. The summed E-state index contributed by atoms with van der Waals surface area (Å²) in [6, 6.07) is 4.79. The second kappa shape index (κ2) is 7.22. The molecule has 1 aromatic carbocycles. The van der Waals surface area contributed by atoms with Gasteiger partial charge in [0.05, 0.1) is 11.5 Å². The van der Waals surface area contributed by atoms with Gasteiger partial charge in [-0.05, 0) is 51.9 Å². The van der Waals surface area contributed by atoms with Crippen LogP contribution in [-0.4, -0.2) is 20.1 Å². The lowest BCUT2D eigenvalue weighted by Gasteiger charge is -2.28. The van der Waals surface area contributed by atoms with E-state index >= 15 is 0 Å². The second-order valence-electron chi connectivity index (χ2n) is 5.80. The van der Waals surface area contributed by atoms with Crippen LogP contribution >= 0.6 is 15.9 Å². The fourth-order valence-corrected chi connectivity index (χ4v) is 5.07. The van der Waals surface area contributed by atoms with Gasteiger partial charge in [-0.25, -0.2) is 13.1 Å². The van der Waals surface area contributed by atoms with Crippen LogP contribution in [0.2, 0.25) is 0 Å². The summed E-state index contributed by atoms with van der Waals surface area (Å²) in [6.45, 7) is 2.59. The second-order valence-corrected chi connectivity index (χ2v) is 8.39. The highest BCUT2D eigenvalue weighted by molar-refractivity contribution is 9.10. The van der Waals surface area contributed by atoms with Gasteiger partial charge in [-0.15, -0.1) is 0 Å². The largest absolute Gasteiger partial charge is 0.392 e. The van der Waals surface area contributed by atoms with Gasteiger partial charge in [-0.2, -0.15) is 0 Å². The molecule has 0 heterocycles. The Labute approximate surface area is 135 Å². The molecule has 2 N–H and O–H groups in total. The van der Waals surface area contributed by atoms with Crippen molar-refractivity contribution >= 4 is 26.0 Å². The van der Waals surface area contributed by atoms with Gasteiger partial charge in [-0.3, -0.25) is 0 Å². The number of benzene rings is 1. The molecule has 0 aliphatic heterocycles. The SMILES string of the molecule is CC1CCCCC1CNS(=O)(=O)c1ccc(CO)cc1Br. The maximum atomic E-state index is 12.4. The molecule has 2 unspecified atom stereocenters. The Balaban J connectivity index is 2.07.